The Hall–Kier alpha value is -0.820. The molecule has 1 nitrogen and oxygen atoms in total. The Morgan fingerprint density at radius 2 is 1.67 bits per heavy atom. The first-order chi connectivity index (χ1) is 8.46. The zero-order valence-corrected chi connectivity index (χ0v) is 12.7. The lowest BCUT2D eigenvalue weighted by Gasteiger charge is -2.24. The van der Waals surface area contributed by atoms with Crippen molar-refractivity contribution >= 4 is 0 Å². The molecule has 0 radical (unpaired) electrons. The van der Waals surface area contributed by atoms with Crippen LogP contribution in [0.1, 0.15) is 64.6 Å². The Bertz CT molecular complexity index is 332. The summed E-state index contributed by atoms with van der Waals surface area (Å²) in [6.45, 7) is 12.4. The third kappa shape index (κ3) is 5.22. The van der Waals surface area contributed by atoms with Gasteiger partial charge in [-0.3, -0.25) is 0 Å². The number of hydrogen-bond donors (Lipinski definition) is 1. The van der Waals surface area contributed by atoms with Crippen molar-refractivity contribution < 1.29 is 0 Å². The molecule has 0 aromatic heterocycles. The van der Waals surface area contributed by atoms with E-state index in [-0.39, 0.29) is 0 Å². The first kappa shape index (κ1) is 15.2. The SMILES string of the molecule is CCNC(CCC(C)(C)C)c1ccc(CC)cc1. The van der Waals surface area contributed by atoms with Gasteiger partial charge >= 0.3 is 0 Å². The van der Waals surface area contributed by atoms with E-state index in [1.807, 2.05) is 0 Å². The highest BCUT2D eigenvalue weighted by Crippen LogP contribution is 2.27. The van der Waals surface area contributed by atoms with Crippen LogP contribution >= 0.6 is 0 Å². The molecule has 0 aliphatic rings. The second-order valence-corrected chi connectivity index (χ2v) is 6.30. The van der Waals surface area contributed by atoms with Crippen molar-refractivity contribution in [1.29, 1.82) is 0 Å². The van der Waals surface area contributed by atoms with Gasteiger partial charge in [0.25, 0.3) is 0 Å². The molecule has 0 aliphatic heterocycles. The van der Waals surface area contributed by atoms with E-state index in [4.69, 9.17) is 0 Å². The summed E-state index contributed by atoms with van der Waals surface area (Å²) in [6.07, 6.45) is 3.58. The summed E-state index contributed by atoms with van der Waals surface area (Å²) in [5.41, 5.74) is 3.26. The highest BCUT2D eigenvalue weighted by Gasteiger charge is 2.16. The van der Waals surface area contributed by atoms with Crippen molar-refractivity contribution in [3.8, 4) is 0 Å². The van der Waals surface area contributed by atoms with E-state index >= 15 is 0 Å². The van der Waals surface area contributed by atoms with E-state index in [9.17, 15) is 0 Å². The van der Waals surface area contributed by atoms with Crippen molar-refractivity contribution in [3.63, 3.8) is 0 Å². The minimum atomic E-state index is 0.414. The van der Waals surface area contributed by atoms with Gasteiger partial charge in [0.05, 0.1) is 0 Å². The van der Waals surface area contributed by atoms with Crippen molar-refractivity contribution in [3.05, 3.63) is 35.4 Å². The number of benzene rings is 1. The molecular formula is C17H29N. The van der Waals surface area contributed by atoms with Crippen LogP contribution < -0.4 is 5.32 Å². The molecule has 0 spiro atoms. The van der Waals surface area contributed by atoms with E-state index in [0.717, 1.165) is 13.0 Å². The largest absolute Gasteiger partial charge is 0.310 e. The monoisotopic (exact) mass is 247 g/mol. The maximum Gasteiger partial charge on any atom is 0.0320 e. The fourth-order valence-electron chi connectivity index (χ4n) is 2.20. The molecular weight excluding hydrogens is 218 g/mol. The summed E-state index contributed by atoms with van der Waals surface area (Å²) < 4.78 is 0. The number of hydrogen-bond acceptors (Lipinski definition) is 1. The highest BCUT2D eigenvalue weighted by atomic mass is 14.9. The normalized spacial score (nSPS) is 13.6. The van der Waals surface area contributed by atoms with Crippen molar-refractivity contribution in [2.75, 3.05) is 6.54 Å². The third-order valence-electron chi connectivity index (χ3n) is 3.42. The quantitative estimate of drug-likeness (QED) is 0.766. The van der Waals surface area contributed by atoms with Crippen LogP contribution in [0.2, 0.25) is 0 Å². The minimum Gasteiger partial charge on any atom is -0.310 e. The lowest BCUT2D eigenvalue weighted by molar-refractivity contribution is 0.334. The summed E-state index contributed by atoms with van der Waals surface area (Å²) in [5.74, 6) is 0. The number of nitrogens with one attached hydrogen (secondary N) is 1. The first-order valence-corrected chi connectivity index (χ1v) is 7.28. The van der Waals surface area contributed by atoms with Gasteiger partial charge in [-0.1, -0.05) is 58.9 Å². The van der Waals surface area contributed by atoms with Crippen LogP contribution in [-0.2, 0) is 6.42 Å². The maximum atomic E-state index is 3.61. The average molecular weight is 247 g/mol. The summed E-state index contributed by atoms with van der Waals surface area (Å²) in [5, 5.41) is 3.61. The highest BCUT2D eigenvalue weighted by molar-refractivity contribution is 5.25. The van der Waals surface area contributed by atoms with Crippen molar-refractivity contribution in [2.45, 2.75) is 59.9 Å². The molecule has 0 aliphatic carbocycles. The molecule has 18 heavy (non-hydrogen) atoms. The molecule has 0 heterocycles. The van der Waals surface area contributed by atoms with Crippen molar-refractivity contribution in [2.24, 2.45) is 5.41 Å². The van der Waals surface area contributed by atoms with Crippen LogP contribution in [-0.4, -0.2) is 6.54 Å². The zero-order valence-electron chi connectivity index (χ0n) is 12.7. The molecule has 1 N–H and O–H groups in total. The molecule has 0 bridgehead atoms. The third-order valence-corrected chi connectivity index (χ3v) is 3.42. The molecule has 0 saturated heterocycles. The molecule has 1 atom stereocenters. The molecule has 1 aromatic carbocycles. The Balaban J connectivity index is 2.70. The lowest BCUT2D eigenvalue weighted by atomic mass is 9.87. The van der Waals surface area contributed by atoms with E-state index < -0.39 is 0 Å². The second kappa shape index (κ2) is 6.94. The maximum absolute atomic E-state index is 3.61. The molecule has 0 amide bonds. The first-order valence-electron chi connectivity index (χ1n) is 7.28. The second-order valence-electron chi connectivity index (χ2n) is 6.30. The number of aryl methyl sites for hydroxylation is 1. The Morgan fingerprint density at radius 1 is 1.06 bits per heavy atom. The Labute approximate surface area is 113 Å². The van der Waals surface area contributed by atoms with Gasteiger partial charge in [0.15, 0.2) is 0 Å². The van der Waals surface area contributed by atoms with E-state index in [1.54, 1.807) is 0 Å². The van der Waals surface area contributed by atoms with Gasteiger partial charge in [-0.15, -0.1) is 0 Å². The standard InChI is InChI=1S/C17H29N/c1-6-14-8-10-15(11-9-14)16(18-7-2)12-13-17(3,4)5/h8-11,16,18H,6-7,12-13H2,1-5H3. The van der Waals surface area contributed by atoms with Gasteiger partial charge in [-0.05, 0) is 42.3 Å². The summed E-state index contributed by atoms with van der Waals surface area (Å²) >= 11 is 0. The van der Waals surface area contributed by atoms with Gasteiger partial charge in [-0.2, -0.15) is 0 Å². The van der Waals surface area contributed by atoms with Crippen molar-refractivity contribution in [1.82, 2.24) is 5.32 Å². The molecule has 0 fully saturated rings. The van der Waals surface area contributed by atoms with Crippen LogP contribution in [0.3, 0.4) is 0 Å². The fourth-order valence-corrected chi connectivity index (χ4v) is 2.20. The van der Waals surface area contributed by atoms with Crippen LogP contribution in [0.4, 0.5) is 0 Å². The van der Waals surface area contributed by atoms with E-state index in [2.05, 4.69) is 64.2 Å². The Morgan fingerprint density at radius 3 is 2.11 bits per heavy atom. The summed E-state index contributed by atoms with van der Waals surface area (Å²) in [4.78, 5) is 0. The predicted octanol–water partition coefficient (Wildman–Crippen LogP) is 4.73. The smallest absolute Gasteiger partial charge is 0.0320 e. The lowest BCUT2D eigenvalue weighted by Crippen LogP contribution is -2.22. The van der Waals surface area contributed by atoms with Gasteiger partial charge in [0.1, 0.15) is 0 Å². The van der Waals surface area contributed by atoms with Crippen LogP contribution in [0.5, 0.6) is 0 Å². The average Bonchev–Trinajstić information content (AvgIpc) is 2.33. The molecule has 1 unspecified atom stereocenters. The van der Waals surface area contributed by atoms with E-state index in [1.165, 1.54) is 24.0 Å². The summed E-state index contributed by atoms with van der Waals surface area (Å²) in [6, 6.07) is 9.59. The zero-order chi connectivity index (χ0) is 13.6. The molecule has 1 aromatic rings. The molecule has 0 saturated carbocycles. The minimum absolute atomic E-state index is 0.414. The summed E-state index contributed by atoms with van der Waals surface area (Å²) in [7, 11) is 0. The van der Waals surface area contributed by atoms with Crippen LogP contribution in [0.15, 0.2) is 24.3 Å². The van der Waals surface area contributed by atoms with Gasteiger partial charge in [0.2, 0.25) is 0 Å². The number of rotatable bonds is 6. The molecule has 1 heteroatoms. The van der Waals surface area contributed by atoms with Crippen LogP contribution in [0.25, 0.3) is 0 Å². The van der Waals surface area contributed by atoms with Gasteiger partial charge < -0.3 is 5.32 Å². The Kier molecular flexibility index (Phi) is 5.87. The predicted molar refractivity (Wildman–Crippen MR) is 80.9 cm³/mol. The topological polar surface area (TPSA) is 12.0 Å². The fraction of sp³-hybridized carbons (Fsp3) is 0.647. The van der Waals surface area contributed by atoms with E-state index in [0.29, 0.717) is 11.5 Å². The molecule has 102 valence electrons. The van der Waals surface area contributed by atoms with Crippen LogP contribution in [0, 0.1) is 5.41 Å². The van der Waals surface area contributed by atoms with Gasteiger partial charge in [0, 0.05) is 6.04 Å². The van der Waals surface area contributed by atoms with Gasteiger partial charge in [-0.25, -0.2) is 0 Å². The molecule has 1 rings (SSSR count).